The highest BCUT2D eigenvalue weighted by Gasteiger charge is 2.62. The molecule has 0 aromatic heterocycles. The lowest BCUT2D eigenvalue weighted by Crippen LogP contribution is -2.33. The van der Waals surface area contributed by atoms with Gasteiger partial charge in [-0.15, -0.1) is 0 Å². The lowest BCUT2D eigenvalue weighted by Gasteiger charge is -2.20. The molecule has 2 saturated heterocycles. The largest absolute Gasteiger partial charge is 0.378 e. The minimum absolute atomic E-state index is 0.0640. The standard InChI is InChI=1S/C20H27N3O2/c1-21(2)16-7-5-6-15(12-16)18(24)23-11-8-20(14-23)13-17(20)19(25)22-9-3-4-10-22/h5-7,12,17H,3-4,8-11,13-14H2,1-2H3/t17-,20+/m1/s1. The fraction of sp³-hybridized carbons (Fsp3) is 0.600. The van der Waals surface area contributed by atoms with Gasteiger partial charge in [-0.1, -0.05) is 6.07 Å². The van der Waals surface area contributed by atoms with Crippen LogP contribution in [0.4, 0.5) is 5.69 Å². The first kappa shape index (κ1) is 16.4. The topological polar surface area (TPSA) is 43.9 Å². The number of carbonyl (C=O) groups is 2. The summed E-state index contributed by atoms with van der Waals surface area (Å²) in [5.41, 5.74) is 1.84. The van der Waals surface area contributed by atoms with Crippen LogP contribution in [0.1, 0.15) is 36.0 Å². The van der Waals surface area contributed by atoms with Crippen molar-refractivity contribution in [2.45, 2.75) is 25.7 Å². The number of likely N-dealkylation sites (tertiary alicyclic amines) is 2. The van der Waals surface area contributed by atoms with Gasteiger partial charge in [-0.3, -0.25) is 9.59 Å². The van der Waals surface area contributed by atoms with Crippen molar-refractivity contribution in [3.63, 3.8) is 0 Å². The first-order valence-corrected chi connectivity index (χ1v) is 9.36. The van der Waals surface area contributed by atoms with E-state index in [-0.39, 0.29) is 17.2 Å². The van der Waals surface area contributed by atoms with Gasteiger partial charge in [-0.05, 0) is 43.9 Å². The predicted octanol–water partition coefficient (Wildman–Crippen LogP) is 2.23. The van der Waals surface area contributed by atoms with E-state index in [2.05, 4.69) is 0 Å². The Labute approximate surface area is 149 Å². The van der Waals surface area contributed by atoms with Gasteiger partial charge in [-0.2, -0.15) is 0 Å². The van der Waals surface area contributed by atoms with Crippen LogP contribution in [0, 0.1) is 11.3 Å². The number of amides is 2. The smallest absolute Gasteiger partial charge is 0.253 e. The molecule has 0 radical (unpaired) electrons. The number of anilines is 1. The number of hydrogen-bond acceptors (Lipinski definition) is 3. The average molecular weight is 341 g/mol. The molecule has 5 heteroatoms. The summed E-state index contributed by atoms with van der Waals surface area (Å²) in [6.45, 7) is 3.36. The SMILES string of the molecule is CN(C)c1cccc(C(=O)N2CC[C@]3(C[C@@H]3C(=O)N3CCCC3)C2)c1. The van der Waals surface area contributed by atoms with Crippen LogP contribution >= 0.6 is 0 Å². The van der Waals surface area contributed by atoms with Crippen LogP contribution in [0.3, 0.4) is 0 Å². The van der Waals surface area contributed by atoms with E-state index in [9.17, 15) is 9.59 Å². The third kappa shape index (κ3) is 2.90. The highest BCUT2D eigenvalue weighted by molar-refractivity contribution is 5.95. The Balaban J connectivity index is 1.42. The number of benzene rings is 1. The van der Waals surface area contributed by atoms with Gasteiger partial charge in [0.05, 0.1) is 0 Å². The van der Waals surface area contributed by atoms with E-state index in [1.54, 1.807) is 0 Å². The van der Waals surface area contributed by atoms with Gasteiger partial charge < -0.3 is 14.7 Å². The summed E-state index contributed by atoms with van der Waals surface area (Å²) in [5.74, 6) is 0.581. The molecule has 134 valence electrons. The molecule has 1 saturated carbocycles. The van der Waals surface area contributed by atoms with Crippen molar-refractivity contribution in [2.24, 2.45) is 11.3 Å². The van der Waals surface area contributed by atoms with Crippen LogP contribution in [-0.2, 0) is 4.79 Å². The fourth-order valence-corrected chi connectivity index (χ4v) is 4.47. The lowest BCUT2D eigenvalue weighted by molar-refractivity contribution is -0.132. The van der Waals surface area contributed by atoms with Crippen molar-refractivity contribution in [1.82, 2.24) is 9.80 Å². The zero-order chi connectivity index (χ0) is 17.6. The number of carbonyl (C=O) groups excluding carboxylic acids is 2. The van der Waals surface area contributed by atoms with E-state index in [0.29, 0.717) is 5.91 Å². The van der Waals surface area contributed by atoms with Gasteiger partial charge in [0.15, 0.2) is 0 Å². The van der Waals surface area contributed by atoms with E-state index in [0.717, 1.165) is 63.1 Å². The molecular weight excluding hydrogens is 314 g/mol. The molecule has 0 N–H and O–H groups in total. The molecule has 5 nitrogen and oxygen atoms in total. The second-order valence-corrected chi connectivity index (χ2v) is 8.07. The van der Waals surface area contributed by atoms with Crippen molar-refractivity contribution >= 4 is 17.5 Å². The molecule has 2 heterocycles. The predicted molar refractivity (Wildman–Crippen MR) is 97.6 cm³/mol. The molecule has 3 aliphatic rings. The van der Waals surface area contributed by atoms with Crippen LogP contribution in [0.25, 0.3) is 0 Å². The molecule has 1 spiro atoms. The van der Waals surface area contributed by atoms with Crippen LogP contribution < -0.4 is 4.90 Å². The Morgan fingerprint density at radius 1 is 1.12 bits per heavy atom. The first-order chi connectivity index (χ1) is 12.0. The van der Waals surface area contributed by atoms with Crippen LogP contribution in [0.5, 0.6) is 0 Å². The lowest BCUT2D eigenvalue weighted by atomic mass is 10.0. The van der Waals surface area contributed by atoms with Crippen LogP contribution in [0.15, 0.2) is 24.3 Å². The molecule has 1 aromatic carbocycles. The van der Waals surface area contributed by atoms with Crippen molar-refractivity contribution < 1.29 is 9.59 Å². The second kappa shape index (κ2) is 6.04. The summed E-state index contributed by atoms with van der Waals surface area (Å²) in [7, 11) is 3.96. The Morgan fingerprint density at radius 2 is 1.88 bits per heavy atom. The maximum atomic E-state index is 12.9. The monoisotopic (exact) mass is 341 g/mol. The van der Waals surface area contributed by atoms with E-state index in [4.69, 9.17) is 0 Å². The number of rotatable bonds is 3. The normalized spacial score (nSPS) is 27.8. The summed E-state index contributed by atoms with van der Waals surface area (Å²) in [6.07, 6.45) is 4.21. The maximum absolute atomic E-state index is 12.9. The zero-order valence-electron chi connectivity index (χ0n) is 15.2. The van der Waals surface area contributed by atoms with Gasteiger partial charge >= 0.3 is 0 Å². The highest BCUT2D eigenvalue weighted by Crippen LogP contribution is 2.59. The van der Waals surface area contributed by atoms with E-state index < -0.39 is 0 Å². The average Bonchev–Trinajstić information content (AvgIpc) is 2.98. The van der Waals surface area contributed by atoms with Crippen molar-refractivity contribution in [1.29, 1.82) is 0 Å². The van der Waals surface area contributed by atoms with Gasteiger partial charge in [0.2, 0.25) is 5.91 Å². The third-order valence-electron chi connectivity index (χ3n) is 6.19. The first-order valence-electron chi connectivity index (χ1n) is 9.36. The fourth-order valence-electron chi connectivity index (χ4n) is 4.47. The molecular formula is C20H27N3O2. The van der Waals surface area contributed by atoms with E-state index >= 15 is 0 Å². The summed E-state index contributed by atoms with van der Waals surface area (Å²) in [6, 6.07) is 7.78. The highest BCUT2D eigenvalue weighted by atomic mass is 16.2. The van der Waals surface area contributed by atoms with Gasteiger partial charge in [0, 0.05) is 62.9 Å². The molecule has 25 heavy (non-hydrogen) atoms. The van der Waals surface area contributed by atoms with Gasteiger partial charge in [-0.25, -0.2) is 0 Å². The summed E-state index contributed by atoms with van der Waals surface area (Å²) in [5, 5.41) is 0. The summed E-state index contributed by atoms with van der Waals surface area (Å²) < 4.78 is 0. The van der Waals surface area contributed by atoms with Crippen molar-refractivity contribution in [2.75, 3.05) is 45.2 Å². The molecule has 3 fully saturated rings. The Bertz CT molecular complexity index is 696. The summed E-state index contributed by atoms with van der Waals surface area (Å²) in [4.78, 5) is 31.5. The quantitative estimate of drug-likeness (QED) is 0.847. The third-order valence-corrected chi connectivity index (χ3v) is 6.19. The maximum Gasteiger partial charge on any atom is 0.253 e. The number of nitrogens with zero attached hydrogens (tertiary/aromatic N) is 3. The molecule has 0 unspecified atom stereocenters. The van der Waals surface area contributed by atoms with Crippen molar-refractivity contribution in [3.8, 4) is 0 Å². The van der Waals surface area contributed by atoms with Gasteiger partial charge in [0.25, 0.3) is 5.91 Å². The summed E-state index contributed by atoms with van der Waals surface area (Å²) >= 11 is 0. The molecule has 2 amide bonds. The second-order valence-electron chi connectivity index (χ2n) is 8.07. The molecule has 2 aliphatic heterocycles. The molecule has 1 aromatic rings. The van der Waals surface area contributed by atoms with E-state index in [1.165, 1.54) is 0 Å². The zero-order valence-corrected chi connectivity index (χ0v) is 15.2. The van der Waals surface area contributed by atoms with Gasteiger partial charge in [0.1, 0.15) is 0 Å². The van der Waals surface area contributed by atoms with Crippen LogP contribution in [-0.4, -0.2) is 61.9 Å². The molecule has 0 bridgehead atoms. The minimum Gasteiger partial charge on any atom is -0.378 e. The Hall–Kier alpha value is -2.04. The molecule has 4 rings (SSSR count). The molecule has 1 aliphatic carbocycles. The van der Waals surface area contributed by atoms with Crippen LogP contribution in [0.2, 0.25) is 0 Å². The molecule has 2 atom stereocenters. The Morgan fingerprint density at radius 3 is 2.60 bits per heavy atom. The van der Waals surface area contributed by atoms with E-state index in [1.807, 2.05) is 53.1 Å². The minimum atomic E-state index is 0.0640. The Kier molecular flexibility index (Phi) is 3.97. The number of hydrogen-bond donors (Lipinski definition) is 0. The van der Waals surface area contributed by atoms with Crippen molar-refractivity contribution in [3.05, 3.63) is 29.8 Å².